The topological polar surface area (TPSA) is 40.6 Å². The zero-order valence-corrected chi connectivity index (χ0v) is 8.69. The van der Waals surface area contributed by atoms with Crippen molar-refractivity contribution in [3.8, 4) is 0 Å². The zero-order chi connectivity index (χ0) is 10.6. The van der Waals surface area contributed by atoms with Gasteiger partial charge in [0.25, 0.3) is 0 Å². The third-order valence-corrected chi connectivity index (χ3v) is 2.29. The molecule has 0 bridgehead atoms. The monoisotopic (exact) mass is 196 g/mol. The maximum Gasteiger partial charge on any atom is 0.246 e. The summed E-state index contributed by atoms with van der Waals surface area (Å²) < 4.78 is 0. The second-order valence-corrected chi connectivity index (χ2v) is 3.43. The van der Waals surface area contributed by atoms with Crippen molar-refractivity contribution >= 4 is 11.8 Å². The number of carbonyl (C=O) groups is 2. The molecule has 4 nitrogen and oxygen atoms in total. The fourth-order valence-electron chi connectivity index (χ4n) is 1.42. The van der Waals surface area contributed by atoms with Gasteiger partial charge in [0.05, 0.1) is 6.54 Å². The minimum Gasteiger partial charge on any atom is -0.344 e. The Balaban J connectivity index is 2.63. The summed E-state index contributed by atoms with van der Waals surface area (Å²) >= 11 is 0. The predicted molar refractivity (Wildman–Crippen MR) is 53.6 cm³/mol. The van der Waals surface area contributed by atoms with Gasteiger partial charge in [-0.25, -0.2) is 0 Å². The van der Waals surface area contributed by atoms with E-state index in [0.29, 0.717) is 6.54 Å². The summed E-state index contributed by atoms with van der Waals surface area (Å²) in [7, 11) is 1.77. The Hall–Kier alpha value is -1.32. The van der Waals surface area contributed by atoms with Crippen molar-refractivity contribution in [2.75, 3.05) is 26.7 Å². The first-order valence-electron chi connectivity index (χ1n) is 4.80. The number of carbonyl (C=O) groups excluding carboxylic acids is 2. The van der Waals surface area contributed by atoms with E-state index in [2.05, 4.69) is 0 Å². The van der Waals surface area contributed by atoms with E-state index in [1.165, 1.54) is 6.08 Å². The van der Waals surface area contributed by atoms with E-state index < -0.39 is 0 Å². The molecule has 0 aliphatic carbocycles. The Morgan fingerprint density at radius 1 is 1.43 bits per heavy atom. The lowest BCUT2D eigenvalue weighted by molar-refractivity contribution is -0.135. The van der Waals surface area contributed by atoms with Crippen LogP contribution in [0.15, 0.2) is 12.2 Å². The molecular weight excluding hydrogens is 180 g/mol. The first-order valence-corrected chi connectivity index (χ1v) is 4.80. The summed E-state index contributed by atoms with van der Waals surface area (Å²) in [6.45, 7) is 3.40. The van der Waals surface area contributed by atoms with Gasteiger partial charge in [-0.15, -0.1) is 0 Å². The van der Waals surface area contributed by atoms with Gasteiger partial charge in [-0.3, -0.25) is 9.59 Å². The number of hydrogen-bond donors (Lipinski definition) is 0. The van der Waals surface area contributed by atoms with Crippen LogP contribution in [-0.4, -0.2) is 48.3 Å². The lowest BCUT2D eigenvalue weighted by atomic mass is 10.3. The normalized spacial score (nSPS) is 18.9. The smallest absolute Gasteiger partial charge is 0.246 e. The maximum atomic E-state index is 11.5. The van der Waals surface area contributed by atoms with Crippen LogP contribution in [0.3, 0.4) is 0 Å². The van der Waals surface area contributed by atoms with Crippen LogP contribution in [0.2, 0.25) is 0 Å². The largest absolute Gasteiger partial charge is 0.344 e. The number of rotatable bonds is 1. The Labute approximate surface area is 84.2 Å². The Kier molecular flexibility index (Phi) is 3.68. The van der Waals surface area contributed by atoms with Crippen molar-refractivity contribution in [2.24, 2.45) is 0 Å². The SMILES string of the molecule is C/C=C/C(=O)N1CCCN(C)C(=O)C1. The lowest BCUT2D eigenvalue weighted by Gasteiger charge is -2.17. The molecule has 1 heterocycles. The maximum absolute atomic E-state index is 11.5. The van der Waals surface area contributed by atoms with Crippen LogP contribution >= 0.6 is 0 Å². The molecule has 1 fully saturated rings. The number of amides is 2. The van der Waals surface area contributed by atoms with Gasteiger partial charge in [-0.1, -0.05) is 6.08 Å². The number of hydrogen-bond acceptors (Lipinski definition) is 2. The Morgan fingerprint density at radius 3 is 2.79 bits per heavy atom. The molecule has 0 aromatic carbocycles. The quantitative estimate of drug-likeness (QED) is 0.564. The van der Waals surface area contributed by atoms with Gasteiger partial charge in [-0.2, -0.15) is 0 Å². The van der Waals surface area contributed by atoms with Crippen molar-refractivity contribution < 1.29 is 9.59 Å². The summed E-state index contributed by atoms with van der Waals surface area (Å²) in [6.07, 6.45) is 4.05. The Bertz CT molecular complexity index is 261. The molecule has 0 atom stereocenters. The van der Waals surface area contributed by atoms with E-state index in [1.807, 2.05) is 0 Å². The highest BCUT2D eigenvalue weighted by molar-refractivity contribution is 5.91. The van der Waals surface area contributed by atoms with Gasteiger partial charge in [0, 0.05) is 20.1 Å². The van der Waals surface area contributed by atoms with Crippen molar-refractivity contribution in [3.05, 3.63) is 12.2 Å². The molecule has 0 radical (unpaired) electrons. The van der Waals surface area contributed by atoms with E-state index in [-0.39, 0.29) is 18.4 Å². The van der Waals surface area contributed by atoms with Crippen molar-refractivity contribution in [1.82, 2.24) is 9.80 Å². The highest BCUT2D eigenvalue weighted by Crippen LogP contribution is 2.03. The molecule has 1 saturated heterocycles. The van der Waals surface area contributed by atoms with Gasteiger partial charge in [-0.05, 0) is 19.4 Å². The van der Waals surface area contributed by atoms with Crippen LogP contribution < -0.4 is 0 Å². The molecule has 0 spiro atoms. The Morgan fingerprint density at radius 2 is 2.14 bits per heavy atom. The molecule has 78 valence electrons. The van der Waals surface area contributed by atoms with Crippen molar-refractivity contribution in [1.29, 1.82) is 0 Å². The average molecular weight is 196 g/mol. The summed E-state index contributed by atoms with van der Waals surface area (Å²) in [6, 6.07) is 0. The molecule has 0 N–H and O–H groups in total. The van der Waals surface area contributed by atoms with Crippen molar-refractivity contribution in [2.45, 2.75) is 13.3 Å². The minimum absolute atomic E-state index is 0.0142. The van der Waals surface area contributed by atoms with Gasteiger partial charge in [0.2, 0.25) is 11.8 Å². The third kappa shape index (κ3) is 2.58. The highest BCUT2D eigenvalue weighted by Gasteiger charge is 2.20. The van der Waals surface area contributed by atoms with Crippen LogP contribution in [0.1, 0.15) is 13.3 Å². The summed E-state index contributed by atoms with van der Waals surface area (Å²) in [5, 5.41) is 0. The predicted octanol–water partition coefficient (Wildman–Crippen LogP) is 0.253. The van der Waals surface area contributed by atoms with Crippen molar-refractivity contribution in [3.63, 3.8) is 0 Å². The van der Waals surface area contributed by atoms with E-state index >= 15 is 0 Å². The second-order valence-electron chi connectivity index (χ2n) is 3.43. The molecule has 0 aromatic rings. The van der Waals surface area contributed by atoms with Crippen LogP contribution in [0, 0.1) is 0 Å². The first-order chi connectivity index (χ1) is 6.65. The van der Waals surface area contributed by atoms with Crippen LogP contribution in [-0.2, 0) is 9.59 Å². The fraction of sp³-hybridized carbons (Fsp3) is 0.600. The second kappa shape index (κ2) is 4.79. The zero-order valence-electron chi connectivity index (χ0n) is 8.69. The summed E-state index contributed by atoms with van der Waals surface area (Å²) in [4.78, 5) is 26.2. The standard InChI is InChI=1S/C10H16N2O2/c1-3-5-9(13)12-7-4-6-11(2)10(14)8-12/h3,5H,4,6-8H2,1-2H3/b5-3+. The molecule has 4 heteroatoms. The number of nitrogens with zero attached hydrogens (tertiary/aromatic N) is 2. The number of allylic oxidation sites excluding steroid dienone is 1. The molecule has 0 aromatic heterocycles. The molecule has 1 aliphatic heterocycles. The number of likely N-dealkylation sites (N-methyl/N-ethyl adjacent to an activating group) is 1. The lowest BCUT2D eigenvalue weighted by Crippen LogP contribution is -2.37. The molecule has 0 unspecified atom stereocenters. The minimum atomic E-state index is -0.0730. The third-order valence-electron chi connectivity index (χ3n) is 2.29. The van der Waals surface area contributed by atoms with Gasteiger partial charge >= 0.3 is 0 Å². The molecule has 14 heavy (non-hydrogen) atoms. The van der Waals surface area contributed by atoms with Crippen LogP contribution in [0.25, 0.3) is 0 Å². The van der Waals surface area contributed by atoms with Crippen LogP contribution in [0.5, 0.6) is 0 Å². The highest BCUT2D eigenvalue weighted by atomic mass is 16.2. The summed E-state index contributed by atoms with van der Waals surface area (Å²) in [5.74, 6) is -0.0588. The van der Waals surface area contributed by atoms with Gasteiger partial charge in [0.15, 0.2) is 0 Å². The molecule has 1 aliphatic rings. The molecular formula is C10H16N2O2. The van der Waals surface area contributed by atoms with Gasteiger partial charge in [0.1, 0.15) is 0 Å². The molecule has 1 rings (SSSR count). The average Bonchev–Trinajstić information content (AvgIpc) is 2.30. The molecule has 2 amide bonds. The van der Waals surface area contributed by atoms with E-state index in [4.69, 9.17) is 0 Å². The van der Waals surface area contributed by atoms with E-state index in [9.17, 15) is 9.59 Å². The summed E-state index contributed by atoms with van der Waals surface area (Å²) in [5.41, 5.74) is 0. The van der Waals surface area contributed by atoms with E-state index in [1.54, 1.807) is 29.8 Å². The molecule has 0 saturated carbocycles. The van der Waals surface area contributed by atoms with Gasteiger partial charge < -0.3 is 9.80 Å². The first kappa shape index (κ1) is 10.8. The van der Waals surface area contributed by atoms with Crippen LogP contribution in [0.4, 0.5) is 0 Å². The van der Waals surface area contributed by atoms with E-state index in [0.717, 1.165) is 13.0 Å². The fourth-order valence-corrected chi connectivity index (χ4v) is 1.42.